The molecule has 3 atom stereocenters. The number of anilines is 1. The van der Waals surface area contributed by atoms with Crippen molar-refractivity contribution in [2.24, 2.45) is 5.92 Å². The Bertz CT molecular complexity index is 1430. The second-order valence-electron chi connectivity index (χ2n) is 10.2. The lowest BCUT2D eigenvalue weighted by molar-refractivity contribution is -0.376. The maximum atomic E-state index is 13.8. The van der Waals surface area contributed by atoms with Crippen molar-refractivity contribution < 1.29 is 54.2 Å². The van der Waals surface area contributed by atoms with Gasteiger partial charge in [-0.15, -0.1) is 0 Å². The number of ether oxygens (including phenoxy) is 1. The molecule has 2 aliphatic heterocycles. The predicted molar refractivity (Wildman–Crippen MR) is 132 cm³/mol. The lowest BCUT2D eigenvalue weighted by Crippen LogP contribution is -2.54. The van der Waals surface area contributed by atoms with Crippen LogP contribution in [0.5, 0.6) is 0 Å². The Hall–Kier alpha value is -3.33. The highest BCUT2D eigenvalue weighted by Gasteiger charge is 2.71. The molecule has 2 heterocycles. The molecule has 0 aliphatic carbocycles. The van der Waals surface area contributed by atoms with Crippen LogP contribution in [0.1, 0.15) is 36.5 Å². The maximum Gasteiger partial charge on any atom is 0.430 e. The zero-order valence-electron chi connectivity index (χ0n) is 21.7. The van der Waals surface area contributed by atoms with E-state index in [4.69, 9.17) is 4.74 Å². The van der Waals surface area contributed by atoms with Gasteiger partial charge < -0.3 is 15.2 Å². The molecular formula is C26H26F6N2O6S. The third-order valence-corrected chi connectivity index (χ3v) is 9.24. The number of esters is 1. The monoisotopic (exact) mass is 608 g/mol. The van der Waals surface area contributed by atoms with Crippen molar-refractivity contribution in [3.05, 3.63) is 59.2 Å². The number of halogens is 6. The van der Waals surface area contributed by atoms with E-state index in [-0.39, 0.29) is 35.6 Å². The summed E-state index contributed by atoms with van der Waals surface area (Å²) in [6, 6.07) is 5.52. The molecule has 41 heavy (non-hydrogen) atoms. The number of carbonyl (C=O) groups excluding carboxylic acids is 2. The number of aliphatic hydroxyl groups is 1. The quantitative estimate of drug-likeness (QED) is 0.380. The van der Waals surface area contributed by atoms with Crippen LogP contribution in [0.3, 0.4) is 0 Å². The van der Waals surface area contributed by atoms with E-state index in [9.17, 15) is 49.5 Å². The van der Waals surface area contributed by atoms with E-state index >= 15 is 0 Å². The first kappa shape index (κ1) is 30.6. The van der Waals surface area contributed by atoms with Crippen LogP contribution in [0.4, 0.5) is 32.0 Å². The first-order chi connectivity index (χ1) is 18.9. The smallest absolute Gasteiger partial charge is 0.430 e. The summed E-state index contributed by atoms with van der Waals surface area (Å²) in [6.07, 6.45) is -13.0. The van der Waals surface area contributed by atoms with Gasteiger partial charge in [0, 0.05) is 12.0 Å². The number of nitrogens with zero attached hydrogens (tertiary/aromatic N) is 1. The average Bonchev–Trinajstić information content (AvgIpc) is 3.18. The molecular weight excluding hydrogens is 582 g/mol. The minimum absolute atomic E-state index is 0.0747. The van der Waals surface area contributed by atoms with Gasteiger partial charge in [-0.05, 0) is 50.5 Å². The Morgan fingerprint density at radius 1 is 1.07 bits per heavy atom. The fraction of sp³-hybridized carbons (Fsp3) is 0.462. The second-order valence-corrected chi connectivity index (χ2v) is 12.0. The molecule has 0 saturated carbocycles. The number of alkyl halides is 6. The van der Waals surface area contributed by atoms with E-state index in [0.29, 0.717) is 12.1 Å². The summed E-state index contributed by atoms with van der Waals surface area (Å²) in [4.78, 5) is 24.4. The Morgan fingerprint density at radius 3 is 2.22 bits per heavy atom. The van der Waals surface area contributed by atoms with Crippen molar-refractivity contribution >= 4 is 27.6 Å². The van der Waals surface area contributed by atoms with Crippen LogP contribution in [0.25, 0.3) is 0 Å². The lowest BCUT2D eigenvalue weighted by Gasteiger charge is -2.39. The predicted octanol–water partition coefficient (Wildman–Crippen LogP) is 3.89. The third kappa shape index (κ3) is 5.48. The van der Waals surface area contributed by atoms with Crippen LogP contribution in [-0.2, 0) is 36.4 Å². The first-order valence-electron chi connectivity index (χ1n) is 12.4. The number of cyclic esters (lactones) is 1. The molecule has 1 saturated heterocycles. The van der Waals surface area contributed by atoms with Gasteiger partial charge in [0.25, 0.3) is 15.6 Å². The summed E-state index contributed by atoms with van der Waals surface area (Å²) in [5, 5.41) is 12.5. The van der Waals surface area contributed by atoms with Crippen LogP contribution in [0, 0.1) is 12.8 Å². The largest absolute Gasteiger partial charge is 0.463 e. The molecule has 224 valence electrons. The van der Waals surface area contributed by atoms with Crippen molar-refractivity contribution in [3.8, 4) is 0 Å². The van der Waals surface area contributed by atoms with Gasteiger partial charge in [-0.25, -0.2) is 8.42 Å². The molecule has 15 heteroatoms. The van der Waals surface area contributed by atoms with Gasteiger partial charge in [0.1, 0.15) is 6.61 Å². The van der Waals surface area contributed by atoms with Crippen LogP contribution < -0.4 is 9.62 Å². The summed E-state index contributed by atoms with van der Waals surface area (Å²) in [5.74, 6) is -1.78. The van der Waals surface area contributed by atoms with Gasteiger partial charge in [0.15, 0.2) is 0 Å². The summed E-state index contributed by atoms with van der Waals surface area (Å²) in [5.41, 5.74) is -6.39. The minimum Gasteiger partial charge on any atom is -0.463 e. The van der Waals surface area contributed by atoms with Gasteiger partial charge in [0.2, 0.25) is 5.91 Å². The molecule has 0 bridgehead atoms. The van der Waals surface area contributed by atoms with Crippen LogP contribution >= 0.6 is 0 Å². The Morgan fingerprint density at radius 2 is 1.68 bits per heavy atom. The van der Waals surface area contributed by atoms with Crippen molar-refractivity contribution in [2.75, 3.05) is 10.9 Å². The van der Waals surface area contributed by atoms with E-state index in [2.05, 4.69) is 5.32 Å². The zero-order valence-corrected chi connectivity index (χ0v) is 22.5. The van der Waals surface area contributed by atoms with E-state index in [1.807, 2.05) is 0 Å². The van der Waals surface area contributed by atoms with Crippen molar-refractivity contribution in [1.82, 2.24) is 5.32 Å². The molecule has 1 amide bonds. The van der Waals surface area contributed by atoms with Gasteiger partial charge >= 0.3 is 18.3 Å². The molecule has 3 unspecified atom stereocenters. The van der Waals surface area contributed by atoms with Crippen LogP contribution in [-0.4, -0.2) is 56.4 Å². The number of hydrogen-bond acceptors (Lipinski definition) is 6. The molecule has 2 N–H and O–H groups in total. The summed E-state index contributed by atoms with van der Waals surface area (Å²) < 4.78 is 114. The highest BCUT2D eigenvalue weighted by atomic mass is 32.2. The van der Waals surface area contributed by atoms with E-state index in [0.717, 1.165) is 15.9 Å². The fourth-order valence-electron chi connectivity index (χ4n) is 4.94. The van der Waals surface area contributed by atoms with Crippen molar-refractivity contribution in [2.45, 2.75) is 68.0 Å². The second kappa shape index (κ2) is 10.5. The molecule has 2 aliphatic rings. The lowest BCUT2D eigenvalue weighted by atomic mass is 9.87. The molecule has 0 radical (unpaired) electrons. The molecule has 1 fully saturated rings. The maximum absolute atomic E-state index is 13.8. The van der Waals surface area contributed by atoms with Crippen LogP contribution in [0.2, 0.25) is 0 Å². The summed E-state index contributed by atoms with van der Waals surface area (Å²) in [7, 11) is -4.47. The number of fused-ring (bicyclic) bond motifs is 1. The number of rotatable bonds is 6. The third-order valence-electron chi connectivity index (χ3n) is 7.36. The molecule has 0 aromatic heterocycles. The zero-order chi connectivity index (χ0) is 30.5. The van der Waals surface area contributed by atoms with E-state index in [1.165, 1.54) is 24.3 Å². The number of benzene rings is 2. The Balaban J connectivity index is 1.76. The molecule has 4 rings (SSSR count). The van der Waals surface area contributed by atoms with Crippen molar-refractivity contribution in [3.63, 3.8) is 0 Å². The number of aryl methyl sites for hydroxylation is 2. The molecule has 0 spiro atoms. The normalized spacial score (nSPS) is 21.8. The number of amides is 1. The van der Waals surface area contributed by atoms with Crippen LogP contribution in [0.15, 0.2) is 47.4 Å². The van der Waals surface area contributed by atoms with Gasteiger partial charge in [-0.1, -0.05) is 29.8 Å². The first-order valence-corrected chi connectivity index (χ1v) is 13.9. The van der Waals surface area contributed by atoms with Crippen molar-refractivity contribution in [1.29, 1.82) is 0 Å². The highest BCUT2D eigenvalue weighted by molar-refractivity contribution is 7.92. The number of hydrogen-bond donors (Lipinski definition) is 2. The minimum atomic E-state index is -6.12. The number of sulfonamides is 1. The Kier molecular flexibility index (Phi) is 7.84. The van der Waals surface area contributed by atoms with E-state index < -0.39 is 69.8 Å². The summed E-state index contributed by atoms with van der Waals surface area (Å²) in [6.45, 7) is 3.18. The SMILES string of the molecule is Cc1ccc(S(=O)(=O)N2c3ccc(C(O)(C(F)(F)F)C(F)(F)F)cc3CCC2CC(=O)NC2COC(=O)C2C)cc1. The highest BCUT2D eigenvalue weighted by Crippen LogP contribution is 2.51. The topological polar surface area (TPSA) is 113 Å². The van der Waals surface area contributed by atoms with Gasteiger partial charge in [-0.2, -0.15) is 26.3 Å². The molecule has 8 nitrogen and oxygen atoms in total. The average molecular weight is 609 g/mol. The van der Waals surface area contributed by atoms with E-state index in [1.54, 1.807) is 13.8 Å². The van der Waals surface area contributed by atoms with Gasteiger partial charge in [-0.3, -0.25) is 13.9 Å². The summed E-state index contributed by atoms with van der Waals surface area (Å²) >= 11 is 0. The molecule has 2 aromatic rings. The number of nitrogens with one attached hydrogen (secondary N) is 1. The van der Waals surface area contributed by atoms with Gasteiger partial charge in [0.05, 0.1) is 28.6 Å². The number of carbonyl (C=O) groups is 2. The Labute approximate surface area is 231 Å². The fourth-order valence-corrected chi connectivity index (χ4v) is 6.66. The molecule has 2 aromatic carbocycles. The standard InChI is InChI=1S/C26H26F6N2O6S/c1-14-3-8-19(9-4-14)41(38,39)34-18(12-22(35)33-20-13-40-23(36)15(20)2)7-5-16-11-17(6-10-21(16)34)24(37,25(27,28)29)26(30,31)32/h3-4,6,8-11,15,18,20,37H,5,7,12-13H2,1-2H3,(H,33,35).